The van der Waals surface area contributed by atoms with Crippen molar-refractivity contribution in [2.24, 2.45) is 0 Å². The van der Waals surface area contributed by atoms with Crippen LogP contribution in [-0.4, -0.2) is 27.7 Å². The summed E-state index contributed by atoms with van der Waals surface area (Å²) in [6.07, 6.45) is 0.717. The number of halogens is 1. The van der Waals surface area contributed by atoms with Gasteiger partial charge in [-0.1, -0.05) is 39.0 Å². The van der Waals surface area contributed by atoms with E-state index in [4.69, 9.17) is 0 Å². The first-order valence-electron chi connectivity index (χ1n) is 8.55. The lowest BCUT2D eigenvalue weighted by atomic mass is 9.93. The van der Waals surface area contributed by atoms with Gasteiger partial charge in [0, 0.05) is 29.3 Å². The molecule has 0 radical (unpaired) electrons. The van der Waals surface area contributed by atoms with E-state index in [1.807, 2.05) is 5.38 Å². The van der Waals surface area contributed by atoms with Crippen LogP contribution in [-0.2, 0) is 21.5 Å². The van der Waals surface area contributed by atoms with Crippen LogP contribution in [0.15, 0.2) is 29.6 Å². The number of likely N-dealkylation sites (tertiary alicyclic amines) is 1. The molecule has 0 saturated carbocycles. The molecule has 0 bridgehead atoms. The molecule has 1 aliphatic heterocycles. The molecule has 1 aromatic carbocycles. The van der Waals surface area contributed by atoms with E-state index in [0.29, 0.717) is 17.1 Å². The van der Waals surface area contributed by atoms with Crippen LogP contribution < -0.4 is 5.32 Å². The summed E-state index contributed by atoms with van der Waals surface area (Å²) in [7, 11) is 0. The highest BCUT2D eigenvalue weighted by Crippen LogP contribution is 2.28. The molecular weight excluding hydrogens is 353 g/mol. The molecule has 1 aromatic heterocycles. The Morgan fingerprint density at radius 2 is 2.12 bits per heavy atom. The monoisotopic (exact) mass is 375 g/mol. The maximum absolute atomic E-state index is 13.9. The van der Waals surface area contributed by atoms with Crippen molar-refractivity contribution in [2.45, 2.75) is 51.6 Å². The molecule has 3 rings (SSSR count). The van der Waals surface area contributed by atoms with Crippen molar-refractivity contribution >= 4 is 28.3 Å². The molecule has 1 N–H and O–H groups in total. The Bertz CT molecular complexity index is 828. The van der Waals surface area contributed by atoms with Crippen LogP contribution in [0.5, 0.6) is 0 Å². The zero-order chi connectivity index (χ0) is 18.9. The molecule has 138 valence electrons. The first-order chi connectivity index (χ1) is 12.3. The molecular formula is C19H22FN3O2S. The van der Waals surface area contributed by atoms with E-state index in [1.54, 1.807) is 18.2 Å². The van der Waals surface area contributed by atoms with Gasteiger partial charge in [0.15, 0.2) is 5.13 Å². The standard InChI is InChI=1S/C19H22FN3O2S/c1-19(2,3)15-11-26-18(21-15)22-17(25)14-8-9-16(24)23(14)10-12-6-4-5-7-13(12)20/h4-7,11,14H,8-10H2,1-3H3,(H,21,22,25). The van der Waals surface area contributed by atoms with E-state index < -0.39 is 6.04 Å². The van der Waals surface area contributed by atoms with Gasteiger partial charge in [-0.3, -0.25) is 9.59 Å². The fraction of sp³-hybridized carbons (Fsp3) is 0.421. The maximum atomic E-state index is 13.9. The van der Waals surface area contributed by atoms with Crippen LogP contribution in [0.4, 0.5) is 9.52 Å². The molecule has 1 atom stereocenters. The van der Waals surface area contributed by atoms with Gasteiger partial charge in [-0.15, -0.1) is 11.3 Å². The predicted octanol–water partition coefficient (Wildman–Crippen LogP) is 3.71. The van der Waals surface area contributed by atoms with Crippen LogP contribution >= 0.6 is 11.3 Å². The molecule has 5 nitrogen and oxygen atoms in total. The summed E-state index contributed by atoms with van der Waals surface area (Å²) in [5, 5.41) is 5.25. The zero-order valence-electron chi connectivity index (χ0n) is 15.1. The summed E-state index contributed by atoms with van der Waals surface area (Å²) in [5.74, 6) is -0.786. The Morgan fingerprint density at radius 1 is 1.38 bits per heavy atom. The fourth-order valence-corrected chi connectivity index (χ4v) is 3.82. The van der Waals surface area contributed by atoms with E-state index in [-0.39, 0.29) is 36.0 Å². The average Bonchev–Trinajstić information content (AvgIpc) is 3.17. The SMILES string of the molecule is CC(C)(C)c1csc(NC(=O)C2CCC(=O)N2Cc2ccccc2F)n1. The predicted molar refractivity (Wildman–Crippen MR) is 99.4 cm³/mol. The number of amides is 2. The van der Waals surface area contributed by atoms with Crippen LogP contribution in [0.3, 0.4) is 0 Å². The summed E-state index contributed by atoms with van der Waals surface area (Å²) in [6.45, 7) is 6.26. The van der Waals surface area contributed by atoms with Gasteiger partial charge in [-0.25, -0.2) is 9.37 Å². The lowest BCUT2D eigenvalue weighted by molar-refractivity contribution is -0.133. The van der Waals surface area contributed by atoms with E-state index >= 15 is 0 Å². The van der Waals surface area contributed by atoms with Crippen molar-refractivity contribution in [3.05, 3.63) is 46.7 Å². The average molecular weight is 375 g/mol. The Hall–Kier alpha value is -2.28. The van der Waals surface area contributed by atoms with Gasteiger partial charge in [-0.2, -0.15) is 0 Å². The summed E-state index contributed by atoms with van der Waals surface area (Å²) in [5.41, 5.74) is 1.22. The van der Waals surface area contributed by atoms with Crippen molar-refractivity contribution in [2.75, 3.05) is 5.32 Å². The van der Waals surface area contributed by atoms with Crippen molar-refractivity contribution in [1.82, 2.24) is 9.88 Å². The minimum atomic E-state index is -0.607. The number of nitrogens with zero attached hydrogens (tertiary/aromatic N) is 2. The summed E-state index contributed by atoms with van der Waals surface area (Å²) in [6, 6.07) is 5.70. The smallest absolute Gasteiger partial charge is 0.248 e. The van der Waals surface area contributed by atoms with E-state index in [2.05, 4.69) is 31.1 Å². The first-order valence-corrected chi connectivity index (χ1v) is 9.43. The number of benzene rings is 1. The molecule has 1 saturated heterocycles. The van der Waals surface area contributed by atoms with Crippen LogP contribution in [0, 0.1) is 5.82 Å². The van der Waals surface area contributed by atoms with E-state index in [9.17, 15) is 14.0 Å². The first kappa shape index (κ1) is 18.5. The number of hydrogen-bond acceptors (Lipinski definition) is 4. The lowest BCUT2D eigenvalue weighted by Gasteiger charge is -2.24. The third-order valence-corrected chi connectivity index (χ3v) is 5.19. The summed E-state index contributed by atoms with van der Waals surface area (Å²) >= 11 is 1.37. The number of aromatic nitrogens is 1. The van der Waals surface area contributed by atoms with Gasteiger partial charge >= 0.3 is 0 Å². The van der Waals surface area contributed by atoms with Crippen LogP contribution in [0.1, 0.15) is 44.9 Å². The Balaban J connectivity index is 1.72. The number of carbonyl (C=O) groups excluding carboxylic acids is 2. The fourth-order valence-electron chi connectivity index (χ4n) is 2.88. The molecule has 2 heterocycles. The van der Waals surface area contributed by atoms with Crippen molar-refractivity contribution in [3.63, 3.8) is 0 Å². The van der Waals surface area contributed by atoms with Crippen molar-refractivity contribution in [3.8, 4) is 0 Å². The number of thiazole rings is 1. The molecule has 2 amide bonds. The molecule has 2 aromatic rings. The molecule has 26 heavy (non-hydrogen) atoms. The van der Waals surface area contributed by atoms with Gasteiger partial charge in [0.05, 0.1) is 5.69 Å². The van der Waals surface area contributed by atoms with Crippen LogP contribution in [0.25, 0.3) is 0 Å². The molecule has 7 heteroatoms. The quantitative estimate of drug-likeness (QED) is 0.886. The third kappa shape index (κ3) is 3.93. The van der Waals surface area contributed by atoms with E-state index in [1.165, 1.54) is 22.3 Å². The van der Waals surface area contributed by atoms with Crippen molar-refractivity contribution in [1.29, 1.82) is 0 Å². The highest BCUT2D eigenvalue weighted by atomic mass is 32.1. The minimum Gasteiger partial charge on any atom is -0.326 e. The molecule has 0 spiro atoms. The third-order valence-electron chi connectivity index (χ3n) is 4.43. The van der Waals surface area contributed by atoms with Crippen molar-refractivity contribution < 1.29 is 14.0 Å². The van der Waals surface area contributed by atoms with Gasteiger partial charge in [0.2, 0.25) is 11.8 Å². The number of nitrogens with one attached hydrogen (secondary N) is 1. The Labute approximate surface area is 156 Å². The molecule has 1 unspecified atom stereocenters. The van der Waals surface area contributed by atoms with Gasteiger partial charge in [-0.05, 0) is 12.5 Å². The summed E-state index contributed by atoms with van der Waals surface area (Å²) < 4.78 is 13.9. The number of anilines is 1. The van der Waals surface area contributed by atoms with Gasteiger partial charge in [0.1, 0.15) is 11.9 Å². The Kier molecular flexibility index (Phi) is 5.09. The Morgan fingerprint density at radius 3 is 2.77 bits per heavy atom. The second-order valence-electron chi connectivity index (χ2n) is 7.44. The number of rotatable bonds is 4. The second kappa shape index (κ2) is 7.15. The largest absolute Gasteiger partial charge is 0.326 e. The molecule has 0 aliphatic carbocycles. The zero-order valence-corrected chi connectivity index (χ0v) is 15.9. The maximum Gasteiger partial charge on any atom is 0.248 e. The minimum absolute atomic E-state index is 0.0920. The normalized spacial score (nSPS) is 17.6. The van der Waals surface area contributed by atoms with Crippen LogP contribution in [0.2, 0.25) is 0 Å². The second-order valence-corrected chi connectivity index (χ2v) is 8.30. The van der Waals surface area contributed by atoms with E-state index in [0.717, 1.165) is 5.69 Å². The molecule has 1 fully saturated rings. The van der Waals surface area contributed by atoms with Gasteiger partial charge < -0.3 is 10.2 Å². The summed E-state index contributed by atoms with van der Waals surface area (Å²) in [4.78, 5) is 30.8. The van der Waals surface area contributed by atoms with Gasteiger partial charge in [0.25, 0.3) is 0 Å². The number of hydrogen-bond donors (Lipinski definition) is 1. The topological polar surface area (TPSA) is 62.3 Å². The number of carbonyl (C=O) groups is 2. The molecule has 1 aliphatic rings. The highest BCUT2D eigenvalue weighted by molar-refractivity contribution is 7.14. The highest BCUT2D eigenvalue weighted by Gasteiger charge is 2.36. The lowest BCUT2D eigenvalue weighted by Crippen LogP contribution is -2.41.